The Labute approximate surface area is 155 Å². The lowest BCUT2D eigenvalue weighted by atomic mass is 10.0. The molecule has 0 aliphatic carbocycles. The Balaban J connectivity index is 1.86. The lowest BCUT2D eigenvalue weighted by molar-refractivity contribution is -0.122. The summed E-state index contributed by atoms with van der Waals surface area (Å²) >= 11 is 17.9. The van der Waals surface area contributed by atoms with Crippen molar-refractivity contribution in [2.75, 3.05) is 13.2 Å². The Hall–Kier alpha value is -1.46. The Morgan fingerprint density at radius 3 is 2.46 bits per heavy atom. The van der Waals surface area contributed by atoms with Gasteiger partial charge in [-0.05, 0) is 30.2 Å². The number of aryl methyl sites for hydroxylation is 1. The largest absolute Gasteiger partial charge is 0.489 e. The van der Waals surface area contributed by atoms with Crippen LogP contribution in [0.5, 0.6) is 5.75 Å². The number of hydrogen-bond donors (Lipinski definition) is 2. The smallest absolute Gasteiger partial charge is 0.241 e. The van der Waals surface area contributed by atoms with Gasteiger partial charge in [-0.15, -0.1) is 0 Å². The van der Waals surface area contributed by atoms with Crippen LogP contribution in [-0.4, -0.2) is 19.1 Å². The summed E-state index contributed by atoms with van der Waals surface area (Å²) in [6, 6.07) is 9.85. The van der Waals surface area contributed by atoms with E-state index in [1.807, 2.05) is 31.2 Å². The van der Waals surface area contributed by atoms with E-state index in [0.717, 1.165) is 11.1 Å². The van der Waals surface area contributed by atoms with Gasteiger partial charge in [-0.2, -0.15) is 0 Å². The van der Waals surface area contributed by atoms with Crippen molar-refractivity contribution in [1.29, 1.82) is 0 Å². The number of amides is 1. The molecule has 1 unspecified atom stereocenters. The van der Waals surface area contributed by atoms with Crippen LogP contribution in [0.1, 0.15) is 17.2 Å². The van der Waals surface area contributed by atoms with Gasteiger partial charge in [-0.1, -0.05) is 59.1 Å². The Morgan fingerprint density at radius 2 is 1.83 bits per heavy atom. The van der Waals surface area contributed by atoms with E-state index >= 15 is 0 Å². The predicted octanol–water partition coefficient (Wildman–Crippen LogP) is 4.15. The molecule has 2 rings (SSSR count). The molecule has 1 atom stereocenters. The Kier molecular flexibility index (Phi) is 6.75. The summed E-state index contributed by atoms with van der Waals surface area (Å²) in [6.45, 7) is 2.39. The van der Waals surface area contributed by atoms with Gasteiger partial charge in [0.1, 0.15) is 12.6 Å². The number of halogens is 3. The predicted molar refractivity (Wildman–Crippen MR) is 98.1 cm³/mol. The maximum atomic E-state index is 12.1. The average Bonchev–Trinajstić information content (AvgIpc) is 2.52. The molecular formula is C17H17Cl3N2O2. The number of carbonyl (C=O) groups is 1. The molecule has 0 saturated heterocycles. The van der Waals surface area contributed by atoms with Crippen LogP contribution in [-0.2, 0) is 4.79 Å². The number of nitrogens with one attached hydrogen (secondary N) is 1. The molecule has 0 aliphatic heterocycles. The molecule has 7 heteroatoms. The van der Waals surface area contributed by atoms with Gasteiger partial charge in [0.05, 0.1) is 16.6 Å². The highest BCUT2D eigenvalue weighted by atomic mass is 35.5. The Bertz CT molecular complexity index is 715. The molecule has 0 fully saturated rings. The van der Waals surface area contributed by atoms with Crippen molar-refractivity contribution in [3.8, 4) is 5.75 Å². The molecule has 4 nitrogen and oxygen atoms in total. The fraction of sp³-hybridized carbons (Fsp3) is 0.235. The normalized spacial score (nSPS) is 11.9. The maximum absolute atomic E-state index is 12.1. The van der Waals surface area contributed by atoms with Crippen molar-refractivity contribution >= 4 is 40.7 Å². The van der Waals surface area contributed by atoms with Crippen LogP contribution in [0.15, 0.2) is 36.4 Å². The van der Waals surface area contributed by atoms with Gasteiger partial charge in [0.2, 0.25) is 5.91 Å². The van der Waals surface area contributed by atoms with E-state index in [0.29, 0.717) is 20.8 Å². The molecule has 0 spiro atoms. The summed E-state index contributed by atoms with van der Waals surface area (Å²) in [5.74, 6) is 0.0568. The highest BCUT2D eigenvalue weighted by Crippen LogP contribution is 2.35. The summed E-state index contributed by atoms with van der Waals surface area (Å²) in [4.78, 5) is 12.1. The fourth-order valence-electron chi connectivity index (χ4n) is 2.18. The van der Waals surface area contributed by atoms with Crippen LogP contribution in [0, 0.1) is 6.92 Å². The standard InChI is InChI=1S/C17H17Cl3N2O2/c1-10-4-2-3-5-12(10)15(21)17(23)22-6-7-24-16-13(19)8-11(18)9-14(16)20/h2-5,8-9,15H,6-7,21H2,1H3,(H,22,23). The second-order valence-corrected chi connectivity index (χ2v) is 6.42. The van der Waals surface area contributed by atoms with Crippen molar-refractivity contribution in [2.24, 2.45) is 5.73 Å². The second kappa shape index (κ2) is 8.58. The van der Waals surface area contributed by atoms with Gasteiger partial charge in [0.15, 0.2) is 5.75 Å². The second-order valence-electron chi connectivity index (χ2n) is 5.17. The van der Waals surface area contributed by atoms with Gasteiger partial charge in [0, 0.05) is 5.02 Å². The minimum Gasteiger partial charge on any atom is -0.489 e. The SMILES string of the molecule is Cc1ccccc1C(N)C(=O)NCCOc1c(Cl)cc(Cl)cc1Cl. The number of rotatable bonds is 6. The van der Waals surface area contributed by atoms with Gasteiger partial charge in [0.25, 0.3) is 0 Å². The van der Waals surface area contributed by atoms with Crippen LogP contribution < -0.4 is 15.8 Å². The average molecular weight is 388 g/mol. The van der Waals surface area contributed by atoms with Crippen molar-refractivity contribution in [3.63, 3.8) is 0 Å². The van der Waals surface area contributed by atoms with Gasteiger partial charge in [-0.3, -0.25) is 4.79 Å². The first-order valence-corrected chi connectivity index (χ1v) is 8.39. The molecular weight excluding hydrogens is 371 g/mol. The fourth-order valence-corrected chi connectivity index (χ4v) is 3.11. The van der Waals surface area contributed by atoms with E-state index in [1.165, 1.54) is 12.1 Å². The zero-order chi connectivity index (χ0) is 17.7. The molecule has 0 aromatic heterocycles. The van der Waals surface area contributed by atoms with E-state index in [2.05, 4.69) is 5.32 Å². The Morgan fingerprint density at radius 1 is 1.21 bits per heavy atom. The topological polar surface area (TPSA) is 64.4 Å². The van der Waals surface area contributed by atoms with Crippen LogP contribution in [0.25, 0.3) is 0 Å². The summed E-state index contributed by atoms with van der Waals surface area (Å²) in [6.07, 6.45) is 0. The third kappa shape index (κ3) is 4.77. The molecule has 2 aromatic carbocycles. The van der Waals surface area contributed by atoms with Crippen LogP contribution >= 0.6 is 34.8 Å². The molecule has 1 amide bonds. The molecule has 0 bridgehead atoms. The van der Waals surface area contributed by atoms with Crippen molar-refractivity contribution in [3.05, 3.63) is 62.6 Å². The highest BCUT2D eigenvalue weighted by molar-refractivity contribution is 6.40. The monoisotopic (exact) mass is 386 g/mol. The molecule has 2 aromatic rings. The van der Waals surface area contributed by atoms with Crippen molar-refractivity contribution < 1.29 is 9.53 Å². The molecule has 0 heterocycles. The summed E-state index contributed by atoms with van der Waals surface area (Å²) in [5, 5.41) is 3.78. The summed E-state index contributed by atoms with van der Waals surface area (Å²) in [7, 11) is 0. The third-order valence-corrected chi connectivity index (χ3v) is 4.20. The lowest BCUT2D eigenvalue weighted by Gasteiger charge is -2.15. The molecule has 0 aliphatic rings. The molecule has 0 radical (unpaired) electrons. The minimum absolute atomic E-state index is 0.202. The third-order valence-electron chi connectivity index (χ3n) is 3.42. The van der Waals surface area contributed by atoms with E-state index in [9.17, 15) is 4.79 Å². The van der Waals surface area contributed by atoms with E-state index in [4.69, 9.17) is 45.3 Å². The lowest BCUT2D eigenvalue weighted by Crippen LogP contribution is -2.36. The minimum atomic E-state index is -0.728. The first-order valence-electron chi connectivity index (χ1n) is 7.26. The molecule has 128 valence electrons. The van der Waals surface area contributed by atoms with E-state index in [-0.39, 0.29) is 19.1 Å². The zero-order valence-electron chi connectivity index (χ0n) is 13.0. The van der Waals surface area contributed by atoms with Crippen molar-refractivity contribution in [2.45, 2.75) is 13.0 Å². The maximum Gasteiger partial charge on any atom is 0.241 e. The first kappa shape index (κ1) is 18.9. The van der Waals surface area contributed by atoms with E-state index in [1.54, 1.807) is 0 Å². The van der Waals surface area contributed by atoms with Crippen LogP contribution in [0.2, 0.25) is 15.1 Å². The van der Waals surface area contributed by atoms with Crippen LogP contribution in [0.4, 0.5) is 0 Å². The summed E-state index contributed by atoms with van der Waals surface area (Å²) < 4.78 is 5.50. The highest BCUT2D eigenvalue weighted by Gasteiger charge is 2.17. The number of benzene rings is 2. The summed E-state index contributed by atoms with van der Waals surface area (Å²) in [5.41, 5.74) is 7.75. The molecule has 0 saturated carbocycles. The zero-order valence-corrected chi connectivity index (χ0v) is 15.3. The van der Waals surface area contributed by atoms with Crippen LogP contribution in [0.3, 0.4) is 0 Å². The first-order chi connectivity index (χ1) is 11.4. The van der Waals surface area contributed by atoms with Gasteiger partial charge >= 0.3 is 0 Å². The van der Waals surface area contributed by atoms with Crippen molar-refractivity contribution in [1.82, 2.24) is 5.32 Å². The van der Waals surface area contributed by atoms with E-state index < -0.39 is 6.04 Å². The molecule has 3 N–H and O–H groups in total. The quantitative estimate of drug-likeness (QED) is 0.732. The van der Waals surface area contributed by atoms with Gasteiger partial charge < -0.3 is 15.8 Å². The number of nitrogens with two attached hydrogens (primary N) is 1. The molecule has 24 heavy (non-hydrogen) atoms. The number of ether oxygens (including phenoxy) is 1. The van der Waals surface area contributed by atoms with Gasteiger partial charge in [-0.25, -0.2) is 0 Å². The number of hydrogen-bond acceptors (Lipinski definition) is 3. The number of carbonyl (C=O) groups excluding carboxylic acids is 1.